The Morgan fingerprint density at radius 3 is 2.90 bits per heavy atom. The molecule has 0 spiro atoms. The highest BCUT2D eigenvalue weighted by atomic mass is 16.6. The lowest BCUT2D eigenvalue weighted by molar-refractivity contribution is -0.373. The van der Waals surface area contributed by atoms with E-state index in [0.29, 0.717) is 11.4 Å². The van der Waals surface area contributed by atoms with Crippen molar-refractivity contribution in [3.63, 3.8) is 0 Å². The van der Waals surface area contributed by atoms with E-state index >= 15 is 0 Å². The number of anilines is 1. The molecule has 0 aliphatic heterocycles. The van der Waals surface area contributed by atoms with Crippen molar-refractivity contribution in [1.29, 1.82) is 5.26 Å². The number of aromatic nitrogens is 2. The lowest BCUT2D eigenvalue weighted by Gasteiger charge is -2.13. The van der Waals surface area contributed by atoms with Gasteiger partial charge in [-0.15, -0.1) is 0 Å². The fourth-order valence-electron chi connectivity index (χ4n) is 1.96. The zero-order valence-corrected chi connectivity index (χ0v) is 11.7. The molecule has 0 saturated carbocycles. The molecule has 0 aliphatic carbocycles. The van der Waals surface area contributed by atoms with E-state index in [2.05, 4.69) is 16.2 Å². The molecular formula is C14H16N5O+. The van der Waals surface area contributed by atoms with Gasteiger partial charge in [-0.1, -0.05) is 5.16 Å². The number of hydrogen-bond acceptors (Lipinski definition) is 4. The predicted molar refractivity (Wildman–Crippen MR) is 76.0 cm³/mol. The third-order valence-electron chi connectivity index (χ3n) is 2.86. The number of H-pyrrole nitrogens is 1. The summed E-state index contributed by atoms with van der Waals surface area (Å²) in [5.41, 5.74) is 2.24. The summed E-state index contributed by atoms with van der Waals surface area (Å²) in [6, 6.07) is 7.89. The van der Waals surface area contributed by atoms with Crippen LogP contribution in [0.3, 0.4) is 0 Å². The lowest BCUT2D eigenvalue weighted by atomic mass is 10.2. The van der Waals surface area contributed by atoms with Gasteiger partial charge in [-0.3, -0.25) is 0 Å². The minimum atomic E-state index is 0.570. The molecule has 6 nitrogen and oxygen atoms in total. The third kappa shape index (κ3) is 2.47. The van der Waals surface area contributed by atoms with Gasteiger partial charge in [-0.2, -0.15) is 9.83 Å². The second-order valence-electron chi connectivity index (χ2n) is 4.31. The Morgan fingerprint density at radius 2 is 2.25 bits per heavy atom. The van der Waals surface area contributed by atoms with Crippen LogP contribution in [0.1, 0.15) is 11.3 Å². The minimum absolute atomic E-state index is 0.570. The number of pyridine rings is 1. The summed E-state index contributed by atoms with van der Waals surface area (Å²) < 4.78 is 1.86. The Kier molecular flexibility index (Phi) is 4.01. The van der Waals surface area contributed by atoms with Crippen molar-refractivity contribution in [2.24, 2.45) is 5.16 Å². The molecule has 0 radical (unpaired) electrons. The van der Waals surface area contributed by atoms with Crippen LogP contribution in [0.2, 0.25) is 0 Å². The Labute approximate surface area is 117 Å². The number of nitrogens with one attached hydrogen (secondary N) is 1. The Hall–Kier alpha value is -2.81. The highest BCUT2D eigenvalue weighted by molar-refractivity contribution is 5.78. The number of aromatic amines is 1. The fraction of sp³-hybridized carbons (Fsp3) is 0.214. The van der Waals surface area contributed by atoms with Gasteiger partial charge in [0.2, 0.25) is 0 Å². The van der Waals surface area contributed by atoms with Crippen LogP contribution in [0.5, 0.6) is 0 Å². The molecule has 6 heteroatoms. The van der Waals surface area contributed by atoms with Crippen LogP contribution in [-0.4, -0.2) is 32.0 Å². The smallest absolute Gasteiger partial charge is 0.304 e. The largest absolute Gasteiger partial charge is 0.399 e. The lowest BCUT2D eigenvalue weighted by Crippen LogP contribution is -2.20. The average Bonchev–Trinajstić information content (AvgIpc) is 2.92. The molecule has 0 fully saturated rings. The number of rotatable bonds is 4. The van der Waals surface area contributed by atoms with E-state index in [-0.39, 0.29) is 0 Å². The molecule has 2 heterocycles. The monoisotopic (exact) mass is 270 g/mol. The summed E-state index contributed by atoms with van der Waals surface area (Å²) in [6.07, 6.45) is 5.27. The van der Waals surface area contributed by atoms with Crippen molar-refractivity contribution in [2.45, 2.75) is 0 Å². The van der Waals surface area contributed by atoms with Crippen LogP contribution in [0.15, 0.2) is 35.7 Å². The van der Waals surface area contributed by atoms with E-state index in [0.717, 1.165) is 11.4 Å². The van der Waals surface area contributed by atoms with Gasteiger partial charge in [0.15, 0.2) is 11.3 Å². The number of nitriles is 1. The molecule has 0 saturated heterocycles. The standard InChI is InChI=1S/C14H15N5O/c1-18(2)13-6-7-16-14(12(13)9-15)19-8-4-5-11(19)10-17-20-3/h4-8,10H,1-3H3/p+1/b17-10+. The van der Waals surface area contributed by atoms with Crippen molar-refractivity contribution in [2.75, 3.05) is 26.1 Å². The molecule has 0 aromatic carbocycles. The zero-order chi connectivity index (χ0) is 14.5. The molecule has 2 rings (SSSR count). The highest BCUT2D eigenvalue weighted by Crippen LogP contribution is 2.21. The molecule has 2 aromatic rings. The molecule has 0 atom stereocenters. The van der Waals surface area contributed by atoms with E-state index in [4.69, 9.17) is 4.84 Å². The molecule has 0 unspecified atom stereocenters. The van der Waals surface area contributed by atoms with Gasteiger partial charge in [0.25, 0.3) is 0 Å². The maximum absolute atomic E-state index is 9.45. The van der Waals surface area contributed by atoms with Crippen molar-refractivity contribution < 1.29 is 9.82 Å². The average molecular weight is 270 g/mol. The molecular weight excluding hydrogens is 254 g/mol. The zero-order valence-electron chi connectivity index (χ0n) is 11.7. The van der Waals surface area contributed by atoms with Crippen LogP contribution in [-0.2, 0) is 4.84 Å². The summed E-state index contributed by atoms with van der Waals surface area (Å²) in [4.78, 5) is 9.72. The first-order valence-corrected chi connectivity index (χ1v) is 6.05. The SMILES string of the molecule is CO/N=C/c1cccn1-c1[nH+]ccc(N(C)C)c1C#N. The van der Waals surface area contributed by atoms with Gasteiger partial charge < -0.3 is 9.74 Å². The summed E-state index contributed by atoms with van der Waals surface area (Å²) in [6.45, 7) is 0. The second kappa shape index (κ2) is 5.89. The number of hydrogen-bond donors (Lipinski definition) is 0. The van der Waals surface area contributed by atoms with Crippen molar-refractivity contribution in [3.8, 4) is 11.9 Å². The summed E-state index contributed by atoms with van der Waals surface area (Å²) in [7, 11) is 5.30. The molecule has 1 N–H and O–H groups in total. The molecule has 0 aliphatic rings. The molecule has 20 heavy (non-hydrogen) atoms. The molecule has 2 aromatic heterocycles. The van der Waals surface area contributed by atoms with Crippen molar-refractivity contribution in [3.05, 3.63) is 41.9 Å². The van der Waals surface area contributed by atoms with E-state index in [1.165, 1.54) is 7.11 Å². The Morgan fingerprint density at radius 1 is 1.45 bits per heavy atom. The molecule has 0 amide bonds. The number of nitrogens with zero attached hydrogens (tertiary/aromatic N) is 4. The minimum Gasteiger partial charge on any atom is -0.399 e. The first-order chi connectivity index (χ1) is 9.69. The van der Waals surface area contributed by atoms with Gasteiger partial charge in [0.1, 0.15) is 19.4 Å². The topological polar surface area (TPSA) is 67.7 Å². The van der Waals surface area contributed by atoms with Crippen LogP contribution in [0.25, 0.3) is 5.82 Å². The number of oxime groups is 1. The molecule has 0 bridgehead atoms. The quantitative estimate of drug-likeness (QED) is 0.619. The van der Waals surface area contributed by atoms with Gasteiger partial charge in [0, 0.05) is 20.2 Å². The van der Waals surface area contributed by atoms with Crippen molar-refractivity contribution in [1.82, 2.24) is 4.57 Å². The van der Waals surface area contributed by atoms with E-state index in [9.17, 15) is 5.26 Å². The van der Waals surface area contributed by atoms with Crippen LogP contribution >= 0.6 is 0 Å². The first-order valence-electron chi connectivity index (χ1n) is 6.05. The normalized spacial score (nSPS) is 10.5. The van der Waals surface area contributed by atoms with Crippen LogP contribution in [0, 0.1) is 11.3 Å². The summed E-state index contributed by atoms with van der Waals surface area (Å²) in [5, 5.41) is 13.2. The summed E-state index contributed by atoms with van der Waals surface area (Å²) in [5.74, 6) is 0.696. The Balaban J connectivity index is 2.59. The molecule has 102 valence electrons. The second-order valence-corrected chi connectivity index (χ2v) is 4.31. The van der Waals surface area contributed by atoms with Crippen LogP contribution < -0.4 is 9.88 Å². The van der Waals surface area contributed by atoms with Gasteiger partial charge in [0.05, 0.1) is 18.1 Å². The summed E-state index contributed by atoms with van der Waals surface area (Å²) >= 11 is 0. The third-order valence-corrected chi connectivity index (χ3v) is 2.86. The maximum atomic E-state index is 9.45. The first kappa shape index (κ1) is 13.6. The van der Waals surface area contributed by atoms with E-state index in [1.807, 2.05) is 54.2 Å². The van der Waals surface area contributed by atoms with Gasteiger partial charge >= 0.3 is 5.82 Å². The fourth-order valence-corrected chi connectivity index (χ4v) is 1.96. The van der Waals surface area contributed by atoms with Gasteiger partial charge in [-0.25, -0.2) is 4.98 Å². The highest BCUT2D eigenvalue weighted by Gasteiger charge is 2.20. The van der Waals surface area contributed by atoms with E-state index in [1.54, 1.807) is 6.21 Å². The maximum Gasteiger partial charge on any atom is 0.304 e. The van der Waals surface area contributed by atoms with Crippen molar-refractivity contribution >= 4 is 11.9 Å². The van der Waals surface area contributed by atoms with Gasteiger partial charge in [-0.05, 0) is 12.1 Å². The van der Waals surface area contributed by atoms with E-state index < -0.39 is 0 Å². The predicted octanol–water partition coefficient (Wildman–Crippen LogP) is 1.21. The van der Waals surface area contributed by atoms with Crippen LogP contribution in [0.4, 0.5) is 5.69 Å². The Bertz CT molecular complexity index is 666.